The molecule has 1 fully saturated rings. The van der Waals surface area contributed by atoms with E-state index >= 15 is 0 Å². The predicted octanol–water partition coefficient (Wildman–Crippen LogP) is 0.583. The van der Waals surface area contributed by atoms with Gasteiger partial charge in [-0.15, -0.1) is 0 Å². The number of ether oxygens (including phenoxy) is 1. The fraction of sp³-hybridized carbons (Fsp3) is 0.500. The normalized spacial score (nSPS) is 16.1. The van der Waals surface area contributed by atoms with Gasteiger partial charge in [-0.25, -0.2) is 0 Å². The molecule has 1 aromatic carbocycles. The van der Waals surface area contributed by atoms with Gasteiger partial charge in [-0.3, -0.25) is 24.0 Å². The quantitative estimate of drug-likeness (QED) is 0.514. The van der Waals surface area contributed by atoms with E-state index in [9.17, 15) is 24.0 Å². The number of hydrogen-bond donors (Lipinski definition) is 1. The van der Waals surface area contributed by atoms with E-state index < -0.39 is 17.0 Å². The minimum atomic E-state index is -0.756. The Hall–Kier alpha value is -3.43. The van der Waals surface area contributed by atoms with Crippen LogP contribution in [0, 0.1) is 5.92 Å². The number of carbonyl (C=O) groups excluding carboxylic acids is 3. The number of aromatic amines is 1. The van der Waals surface area contributed by atoms with Gasteiger partial charge in [0.2, 0.25) is 5.91 Å². The smallest absolute Gasteiger partial charge is 0.316 e. The number of piperidine rings is 1. The third-order valence-electron chi connectivity index (χ3n) is 5.65. The maximum Gasteiger partial charge on any atom is 0.316 e. The summed E-state index contributed by atoms with van der Waals surface area (Å²) in [7, 11) is 1.52. The summed E-state index contributed by atoms with van der Waals surface area (Å²) < 4.78 is 6.41. The summed E-state index contributed by atoms with van der Waals surface area (Å²) in [6.07, 6.45) is 1.37. The SMILES string of the molecule is CCOC(=O)C1CCCN(C(=O)CN(C)C(=O)c2ccc3c(c2)[nH]c(=O)c(=O)n3CC)C1. The fourth-order valence-electron chi connectivity index (χ4n) is 3.98. The summed E-state index contributed by atoms with van der Waals surface area (Å²) in [5.74, 6) is -1.29. The molecule has 0 spiro atoms. The number of aryl methyl sites for hydroxylation is 1. The molecule has 1 atom stereocenters. The number of nitrogens with zero attached hydrogens (tertiary/aromatic N) is 3. The van der Waals surface area contributed by atoms with Gasteiger partial charge in [-0.05, 0) is 44.9 Å². The van der Waals surface area contributed by atoms with Gasteiger partial charge < -0.3 is 24.1 Å². The highest BCUT2D eigenvalue weighted by Crippen LogP contribution is 2.19. The fourth-order valence-corrected chi connectivity index (χ4v) is 3.98. The van der Waals surface area contributed by atoms with Gasteiger partial charge in [0.15, 0.2) is 0 Å². The molecule has 2 aromatic rings. The highest BCUT2D eigenvalue weighted by Gasteiger charge is 2.30. The molecule has 2 heterocycles. The van der Waals surface area contributed by atoms with Gasteiger partial charge in [0.1, 0.15) is 0 Å². The lowest BCUT2D eigenvalue weighted by Gasteiger charge is -2.32. The Kier molecular flexibility index (Phi) is 7.12. The van der Waals surface area contributed by atoms with Gasteiger partial charge in [-0.2, -0.15) is 0 Å². The van der Waals surface area contributed by atoms with E-state index in [4.69, 9.17) is 4.74 Å². The Bertz CT molecular complexity index is 1150. The van der Waals surface area contributed by atoms with Crippen molar-refractivity contribution < 1.29 is 19.1 Å². The molecule has 10 heteroatoms. The lowest BCUT2D eigenvalue weighted by atomic mass is 9.98. The lowest BCUT2D eigenvalue weighted by molar-refractivity contribution is -0.151. The number of likely N-dealkylation sites (tertiary alicyclic amines) is 1. The highest BCUT2D eigenvalue weighted by atomic mass is 16.5. The molecule has 3 rings (SSSR count). The van der Waals surface area contributed by atoms with Gasteiger partial charge in [0, 0.05) is 32.2 Å². The van der Waals surface area contributed by atoms with Gasteiger partial charge in [-0.1, -0.05) is 0 Å². The molecule has 10 nitrogen and oxygen atoms in total. The molecule has 0 aliphatic carbocycles. The molecule has 1 aromatic heterocycles. The Morgan fingerprint density at radius 3 is 2.66 bits per heavy atom. The van der Waals surface area contributed by atoms with Crippen molar-refractivity contribution in [3.8, 4) is 0 Å². The molecular weight excluding hydrogens is 416 g/mol. The molecule has 0 bridgehead atoms. The first-order valence-corrected chi connectivity index (χ1v) is 10.7. The Morgan fingerprint density at radius 2 is 1.97 bits per heavy atom. The first kappa shape index (κ1) is 23.2. The average Bonchev–Trinajstić information content (AvgIpc) is 2.79. The second-order valence-corrected chi connectivity index (χ2v) is 7.83. The van der Waals surface area contributed by atoms with Crippen LogP contribution in [0.2, 0.25) is 0 Å². The third kappa shape index (κ3) is 4.74. The molecule has 0 radical (unpaired) electrons. The Balaban J connectivity index is 1.72. The van der Waals surface area contributed by atoms with E-state index in [1.165, 1.54) is 22.6 Å². The van der Waals surface area contributed by atoms with Gasteiger partial charge >= 0.3 is 17.1 Å². The van der Waals surface area contributed by atoms with Crippen LogP contribution >= 0.6 is 0 Å². The van der Waals surface area contributed by atoms with E-state index in [0.29, 0.717) is 43.6 Å². The van der Waals surface area contributed by atoms with Crippen molar-refractivity contribution >= 4 is 28.8 Å². The van der Waals surface area contributed by atoms with Crippen LogP contribution < -0.4 is 11.1 Å². The summed E-state index contributed by atoms with van der Waals surface area (Å²) in [5.41, 5.74) is -0.230. The van der Waals surface area contributed by atoms with Crippen molar-refractivity contribution in [2.75, 3.05) is 33.3 Å². The maximum atomic E-state index is 12.9. The number of H-pyrrole nitrogens is 1. The monoisotopic (exact) mass is 444 g/mol. The van der Waals surface area contributed by atoms with E-state index in [2.05, 4.69) is 4.98 Å². The van der Waals surface area contributed by atoms with Crippen molar-refractivity contribution in [3.05, 3.63) is 44.5 Å². The summed E-state index contributed by atoms with van der Waals surface area (Å²) in [6.45, 7) is 4.79. The zero-order chi connectivity index (χ0) is 23.4. The minimum Gasteiger partial charge on any atom is -0.466 e. The molecule has 1 aliphatic heterocycles. The molecule has 1 aliphatic rings. The molecule has 2 amide bonds. The largest absolute Gasteiger partial charge is 0.466 e. The highest BCUT2D eigenvalue weighted by molar-refractivity contribution is 5.98. The number of carbonyl (C=O) groups is 3. The number of benzene rings is 1. The van der Waals surface area contributed by atoms with E-state index in [1.54, 1.807) is 30.9 Å². The van der Waals surface area contributed by atoms with Crippen molar-refractivity contribution in [3.63, 3.8) is 0 Å². The van der Waals surface area contributed by atoms with Crippen molar-refractivity contribution in [1.29, 1.82) is 0 Å². The average molecular weight is 444 g/mol. The summed E-state index contributed by atoms with van der Waals surface area (Å²) in [6, 6.07) is 4.67. The van der Waals surface area contributed by atoms with Crippen LogP contribution in [0.4, 0.5) is 0 Å². The van der Waals surface area contributed by atoms with E-state index in [-0.39, 0.29) is 36.4 Å². The van der Waals surface area contributed by atoms with Crippen molar-refractivity contribution in [1.82, 2.24) is 19.4 Å². The molecule has 1 unspecified atom stereocenters. The topological polar surface area (TPSA) is 122 Å². The molecule has 32 heavy (non-hydrogen) atoms. The number of rotatable bonds is 6. The number of likely N-dealkylation sites (N-methyl/N-ethyl adjacent to an activating group) is 1. The van der Waals surface area contributed by atoms with Crippen LogP contribution in [0.1, 0.15) is 37.0 Å². The number of amides is 2. The van der Waals surface area contributed by atoms with E-state index in [0.717, 1.165) is 0 Å². The summed E-state index contributed by atoms with van der Waals surface area (Å²) in [5, 5.41) is 0. The van der Waals surface area contributed by atoms with Crippen molar-refractivity contribution in [2.24, 2.45) is 5.92 Å². The number of hydrogen-bond acceptors (Lipinski definition) is 6. The van der Waals surface area contributed by atoms with Crippen LogP contribution in [0.3, 0.4) is 0 Å². The Morgan fingerprint density at radius 1 is 1.22 bits per heavy atom. The number of aromatic nitrogens is 2. The number of nitrogens with one attached hydrogen (secondary N) is 1. The zero-order valence-electron chi connectivity index (χ0n) is 18.6. The third-order valence-corrected chi connectivity index (χ3v) is 5.65. The van der Waals surface area contributed by atoms with Crippen LogP contribution in [0.5, 0.6) is 0 Å². The zero-order valence-corrected chi connectivity index (χ0v) is 18.6. The first-order chi connectivity index (χ1) is 15.3. The molecule has 1 N–H and O–H groups in total. The number of esters is 1. The molecule has 172 valence electrons. The molecular formula is C22H28N4O6. The lowest BCUT2D eigenvalue weighted by Crippen LogP contribution is -2.47. The van der Waals surface area contributed by atoms with Crippen LogP contribution in [-0.4, -0.2) is 70.4 Å². The summed E-state index contributed by atoms with van der Waals surface area (Å²) in [4.78, 5) is 66.9. The van der Waals surface area contributed by atoms with Crippen molar-refractivity contribution in [2.45, 2.75) is 33.2 Å². The minimum absolute atomic E-state index is 0.141. The van der Waals surface area contributed by atoms with E-state index in [1.807, 2.05) is 0 Å². The first-order valence-electron chi connectivity index (χ1n) is 10.7. The standard InChI is InChI=1S/C22H28N4O6/c1-4-26-17-9-8-14(11-16(17)23-19(28)21(26)30)20(29)24(3)13-18(27)25-10-6-7-15(12-25)22(31)32-5-2/h8-9,11,15H,4-7,10,12-13H2,1-3H3,(H,23,28). The maximum absolute atomic E-state index is 12.9. The predicted molar refractivity (Wildman–Crippen MR) is 117 cm³/mol. The number of fused-ring (bicyclic) bond motifs is 1. The molecule has 1 saturated heterocycles. The summed E-state index contributed by atoms with van der Waals surface area (Å²) >= 11 is 0. The van der Waals surface area contributed by atoms with Crippen LogP contribution in [-0.2, 0) is 20.9 Å². The van der Waals surface area contributed by atoms with Gasteiger partial charge in [0.25, 0.3) is 5.91 Å². The molecule has 0 saturated carbocycles. The second-order valence-electron chi connectivity index (χ2n) is 7.83. The Labute approximate surface area is 184 Å². The van der Waals surface area contributed by atoms with Gasteiger partial charge in [0.05, 0.1) is 30.1 Å². The second kappa shape index (κ2) is 9.80. The van der Waals surface area contributed by atoms with Crippen LogP contribution in [0.15, 0.2) is 27.8 Å². The van der Waals surface area contributed by atoms with Crippen LogP contribution in [0.25, 0.3) is 11.0 Å².